The molecule has 146 valence electrons. The highest BCUT2D eigenvalue weighted by molar-refractivity contribution is 5.80. The summed E-state index contributed by atoms with van der Waals surface area (Å²) in [6.45, 7) is 4.20. The third-order valence-electron chi connectivity index (χ3n) is 6.63. The maximum absolute atomic E-state index is 13.4. The fraction of sp³-hybridized carbons (Fsp3) is 0.478. The van der Waals surface area contributed by atoms with Gasteiger partial charge in [-0.05, 0) is 30.5 Å². The first-order chi connectivity index (χ1) is 13.8. The minimum Gasteiger partial charge on any atom is -0.381 e. The van der Waals surface area contributed by atoms with Crippen molar-refractivity contribution in [2.24, 2.45) is 17.8 Å². The van der Waals surface area contributed by atoms with E-state index < -0.39 is 0 Å². The molecule has 3 saturated heterocycles. The zero-order valence-corrected chi connectivity index (χ0v) is 16.1. The number of nitrogens with zero attached hydrogens (tertiary/aromatic N) is 3. The van der Waals surface area contributed by atoms with Crippen LogP contribution in [0.25, 0.3) is 0 Å². The summed E-state index contributed by atoms with van der Waals surface area (Å²) in [7, 11) is 0. The maximum Gasteiger partial charge on any atom is 0.226 e. The lowest BCUT2D eigenvalue weighted by Crippen LogP contribution is -2.40. The molecule has 0 N–H and O–H groups in total. The van der Waals surface area contributed by atoms with Gasteiger partial charge in [-0.1, -0.05) is 36.4 Å². The van der Waals surface area contributed by atoms with Crippen molar-refractivity contribution in [2.75, 3.05) is 37.7 Å². The Bertz CT molecular complexity index is 807. The summed E-state index contributed by atoms with van der Waals surface area (Å²) in [4.78, 5) is 22.5. The van der Waals surface area contributed by atoms with Gasteiger partial charge in [0.2, 0.25) is 5.91 Å². The van der Waals surface area contributed by atoms with E-state index in [-0.39, 0.29) is 12.0 Å². The van der Waals surface area contributed by atoms with Crippen molar-refractivity contribution in [1.29, 1.82) is 0 Å². The van der Waals surface area contributed by atoms with Crippen LogP contribution in [0.4, 0.5) is 5.82 Å². The molecule has 0 spiro atoms. The van der Waals surface area contributed by atoms with Gasteiger partial charge in [-0.2, -0.15) is 0 Å². The lowest BCUT2D eigenvalue weighted by Gasteiger charge is -2.33. The number of anilines is 1. The Hall–Kier alpha value is -2.40. The average molecular weight is 377 g/mol. The monoisotopic (exact) mass is 377 g/mol. The highest BCUT2D eigenvalue weighted by Gasteiger charge is 2.50. The van der Waals surface area contributed by atoms with Crippen LogP contribution in [-0.4, -0.2) is 48.6 Å². The SMILES string of the molecule is O=C(C1CCOCC1)N1C[C@@H]2CN(c3ccccn3)C[C@@H]2[C@H]1c1ccccc1. The first-order valence-corrected chi connectivity index (χ1v) is 10.4. The highest BCUT2D eigenvalue weighted by atomic mass is 16.5. The van der Waals surface area contributed by atoms with E-state index in [1.165, 1.54) is 5.56 Å². The third-order valence-corrected chi connectivity index (χ3v) is 6.63. The number of pyridine rings is 1. The van der Waals surface area contributed by atoms with E-state index in [4.69, 9.17) is 4.74 Å². The standard InChI is InChI=1S/C23H27N3O2/c27-23(18-9-12-28-13-10-18)26-15-19-14-25(21-8-4-5-11-24-21)16-20(19)22(26)17-6-2-1-3-7-17/h1-8,11,18-20,22H,9-10,12-16H2/t19-,20-,22+/m0/s1. The minimum atomic E-state index is 0.116. The summed E-state index contributed by atoms with van der Waals surface area (Å²) in [6, 6.07) is 16.8. The van der Waals surface area contributed by atoms with Crippen LogP contribution in [0.1, 0.15) is 24.4 Å². The van der Waals surface area contributed by atoms with Gasteiger partial charge in [-0.3, -0.25) is 4.79 Å². The number of hydrogen-bond donors (Lipinski definition) is 0. The van der Waals surface area contributed by atoms with Gasteiger partial charge in [0.05, 0.1) is 6.04 Å². The molecule has 3 fully saturated rings. The number of rotatable bonds is 3. The second-order valence-electron chi connectivity index (χ2n) is 8.25. The van der Waals surface area contributed by atoms with Crippen LogP contribution in [0.15, 0.2) is 54.7 Å². The molecule has 3 aliphatic rings. The smallest absolute Gasteiger partial charge is 0.226 e. The molecule has 5 nitrogen and oxygen atoms in total. The molecule has 28 heavy (non-hydrogen) atoms. The van der Waals surface area contributed by atoms with Crippen molar-refractivity contribution in [3.8, 4) is 0 Å². The van der Waals surface area contributed by atoms with Crippen molar-refractivity contribution in [1.82, 2.24) is 9.88 Å². The van der Waals surface area contributed by atoms with Crippen LogP contribution < -0.4 is 4.90 Å². The summed E-state index contributed by atoms with van der Waals surface area (Å²) in [5.41, 5.74) is 1.26. The molecular weight excluding hydrogens is 350 g/mol. The number of aromatic nitrogens is 1. The lowest BCUT2D eigenvalue weighted by molar-refractivity contribution is -0.140. The molecule has 5 rings (SSSR count). The van der Waals surface area contributed by atoms with Crippen molar-refractivity contribution < 1.29 is 9.53 Å². The quantitative estimate of drug-likeness (QED) is 0.824. The van der Waals surface area contributed by atoms with Gasteiger partial charge in [0.1, 0.15) is 5.82 Å². The topological polar surface area (TPSA) is 45.7 Å². The van der Waals surface area contributed by atoms with E-state index in [0.29, 0.717) is 31.0 Å². The molecule has 0 bridgehead atoms. The normalized spacial score (nSPS) is 27.8. The molecule has 0 radical (unpaired) electrons. The van der Waals surface area contributed by atoms with Gasteiger partial charge in [0, 0.05) is 56.8 Å². The van der Waals surface area contributed by atoms with E-state index in [2.05, 4.69) is 51.2 Å². The Morgan fingerprint density at radius 3 is 2.50 bits per heavy atom. The number of likely N-dealkylation sites (tertiary alicyclic amines) is 1. The first kappa shape index (κ1) is 17.7. The molecule has 3 atom stereocenters. The Balaban J connectivity index is 1.42. The number of ether oxygens (including phenoxy) is 1. The van der Waals surface area contributed by atoms with E-state index in [9.17, 15) is 4.79 Å². The number of hydrogen-bond acceptors (Lipinski definition) is 4. The Morgan fingerprint density at radius 1 is 0.964 bits per heavy atom. The van der Waals surface area contributed by atoms with Gasteiger partial charge in [-0.15, -0.1) is 0 Å². The van der Waals surface area contributed by atoms with E-state index in [0.717, 1.165) is 38.3 Å². The molecule has 3 aliphatic heterocycles. The predicted molar refractivity (Wildman–Crippen MR) is 108 cm³/mol. The summed E-state index contributed by atoms with van der Waals surface area (Å²) in [5, 5.41) is 0. The van der Waals surface area contributed by atoms with E-state index in [1.807, 2.05) is 18.3 Å². The summed E-state index contributed by atoms with van der Waals surface area (Å²) in [6.07, 6.45) is 3.57. The Labute approximate surface area is 166 Å². The molecule has 1 amide bonds. The van der Waals surface area contributed by atoms with Crippen LogP contribution >= 0.6 is 0 Å². The zero-order chi connectivity index (χ0) is 18.9. The minimum absolute atomic E-state index is 0.116. The van der Waals surface area contributed by atoms with Crippen LogP contribution in [-0.2, 0) is 9.53 Å². The number of benzene rings is 1. The van der Waals surface area contributed by atoms with Gasteiger partial charge in [-0.25, -0.2) is 4.98 Å². The van der Waals surface area contributed by atoms with Gasteiger partial charge >= 0.3 is 0 Å². The van der Waals surface area contributed by atoms with Crippen molar-refractivity contribution in [3.05, 3.63) is 60.3 Å². The zero-order valence-electron chi connectivity index (χ0n) is 16.1. The fourth-order valence-electron chi connectivity index (χ4n) is 5.26. The second-order valence-corrected chi connectivity index (χ2v) is 8.25. The van der Waals surface area contributed by atoms with E-state index in [1.54, 1.807) is 0 Å². The predicted octanol–water partition coefficient (Wildman–Crippen LogP) is 3.14. The molecule has 4 heterocycles. The molecule has 1 aromatic carbocycles. The molecule has 2 aromatic rings. The van der Waals surface area contributed by atoms with Gasteiger partial charge < -0.3 is 14.5 Å². The highest BCUT2D eigenvalue weighted by Crippen LogP contribution is 2.46. The van der Waals surface area contributed by atoms with Crippen molar-refractivity contribution >= 4 is 11.7 Å². The molecule has 5 heteroatoms. The average Bonchev–Trinajstić information content (AvgIpc) is 3.33. The summed E-state index contributed by atoms with van der Waals surface area (Å²) >= 11 is 0. The molecule has 0 saturated carbocycles. The largest absolute Gasteiger partial charge is 0.381 e. The van der Waals surface area contributed by atoms with Crippen molar-refractivity contribution in [3.63, 3.8) is 0 Å². The number of amides is 1. The summed E-state index contributed by atoms with van der Waals surface area (Å²) < 4.78 is 5.48. The number of carbonyl (C=O) groups is 1. The molecule has 1 aromatic heterocycles. The van der Waals surface area contributed by atoms with Crippen LogP contribution in [0.5, 0.6) is 0 Å². The fourth-order valence-corrected chi connectivity index (χ4v) is 5.26. The van der Waals surface area contributed by atoms with Gasteiger partial charge in [0.15, 0.2) is 0 Å². The number of fused-ring (bicyclic) bond motifs is 1. The molecule has 0 unspecified atom stereocenters. The van der Waals surface area contributed by atoms with Crippen LogP contribution in [0.2, 0.25) is 0 Å². The number of carbonyl (C=O) groups excluding carboxylic acids is 1. The van der Waals surface area contributed by atoms with Gasteiger partial charge in [0.25, 0.3) is 0 Å². The molecular formula is C23H27N3O2. The first-order valence-electron chi connectivity index (χ1n) is 10.4. The Kier molecular flexibility index (Phi) is 4.77. The maximum atomic E-state index is 13.4. The third kappa shape index (κ3) is 3.18. The van der Waals surface area contributed by atoms with Crippen molar-refractivity contribution in [2.45, 2.75) is 18.9 Å². The summed E-state index contributed by atoms with van der Waals surface area (Å²) in [5.74, 6) is 2.44. The molecule has 0 aliphatic carbocycles. The Morgan fingerprint density at radius 2 is 1.75 bits per heavy atom. The second kappa shape index (κ2) is 7.55. The van der Waals surface area contributed by atoms with Crippen LogP contribution in [0, 0.1) is 17.8 Å². The van der Waals surface area contributed by atoms with E-state index >= 15 is 0 Å². The lowest BCUT2D eigenvalue weighted by atomic mass is 9.89. The van der Waals surface area contributed by atoms with Crippen LogP contribution in [0.3, 0.4) is 0 Å².